The summed E-state index contributed by atoms with van der Waals surface area (Å²) in [5, 5.41) is 8.54. The van der Waals surface area contributed by atoms with Crippen LogP contribution in [0, 0.1) is 6.92 Å². The van der Waals surface area contributed by atoms with Crippen molar-refractivity contribution in [1.29, 1.82) is 0 Å². The zero-order valence-corrected chi connectivity index (χ0v) is 8.91. The predicted octanol–water partition coefficient (Wildman–Crippen LogP) is 2.21. The average Bonchev–Trinajstić information content (AvgIpc) is 2.17. The Morgan fingerprint density at radius 1 is 1.33 bits per heavy atom. The van der Waals surface area contributed by atoms with Gasteiger partial charge in [-0.2, -0.15) is 0 Å². The van der Waals surface area contributed by atoms with E-state index in [1.54, 1.807) is 12.1 Å². The van der Waals surface area contributed by atoms with Crippen LogP contribution < -0.4 is 0 Å². The van der Waals surface area contributed by atoms with Crippen molar-refractivity contribution in [3.63, 3.8) is 0 Å². The van der Waals surface area contributed by atoms with Crippen molar-refractivity contribution in [2.24, 2.45) is 0 Å². The smallest absolute Gasteiger partial charge is 0.311 e. The second-order valence-electron chi connectivity index (χ2n) is 3.44. The number of carboxylic acid groups (broad SMARTS) is 1. The first-order valence-electron chi connectivity index (χ1n) is 4.89. The van der Waals surface area contributed by atoms with Crippen LogP contribution in [0.15, 0.2) is 18.2 Å². The first-order chi connectivity index (χ1) is 7.06. The lowest BCUT2D eigenvalue weighted by Gasteiger charge is -2.07. The molecule has 0 saturated carbocycles. The number of carboxylic acids is 1. The number of aryl methyl sites for hydroxylation is 1. The van der Waals surface area contributed by atoms with Crippen molar-refractivity contribution in [2.45, 2.75) is 26.7 Å². The van der Waals surface area contributed by atoms with Crippen LogP contribution in [-0.4, -0.2) is 16.9 Å². The molecule has 0 aromatic heterocycles. The van der Waals surface area contributed by atoms with Crippen LogP contribution in [0.25, 0.3) is 0 Å². The predicted molar refractivity (Wildman–Crippen MR) is 57.1 cm³/mol. The summed E-state index contributed by atoms with van der Waals surface area (Å²) in [6, 6.07) is 5.42. The molecule has 80 valence electrons. The molecule has 0 atom stereocenters. The van der Waals surface area contributed by atoms with E-state index in [2.05, 4.69) is 0 Å². The van der Waals surface area contributed by atoms with Gasteiger partial charge in [0.2, 0.25) is 0 Å². The molecule has 0 aliphatic rings. The van der Waals surface area contributed by atoms with Crippen LogP contribution in [0.4, 0.5) is 0 Å². The third-order valence-electron chi connectivity index (χ3n) is 2.44. The summed E-state index contributed by atoms with van der Waals surface area (Å²) < 4.78 is 0. The van der Waals surface area contributed by atoms with E-state index < -0.39 is 12.4 Å². The van der Waals surface area contributed by atoms with Crippen molar-refractivity contribution < 1.29 is 14.7 Å². The van der Waals surface area contributed by atoms with Gasteiger partial charge in [0.25, 0.3) is 0 Å². The number of aliphatic carboxylic acids is 1. The fourth-order valence-electron chi connectivity index (χ4n) is 1.60. The minimum absolute atomic E-state index is 0.324. The van der Waals surface area contributed by atoms with Gasteiger partial charge in [-0.25, -0.2) is 0 Å². The van der Waals surface area contributed by atoms with Crippen LogP contribution >= 0.6 is 0 Å². The Labute approximate surface area is 88.7 Å². The van der Waals surface area contributed by atoms with Gasteiger partial charge in [0.05, 0.1) is 0 Å². The van der Waals surface area contributed by atoms with Crippen molar-refractivity contribution in [3.8, 4) is 0 Å². The molecule has 1 aromatic carbocycles. The molecule has 3 heteroatoms. The maximum absolute atomic E-state index is 11.6. The van der Waals surface area contributed by atoms with Gasteiger partial charge in [0.15, 0.2) is 5.78 Å². The number of carbonyl (C=O) groups excluding carboxylic acids is 1. The number of benzene rings is 1. The number of Topliss-reactive ketones (excluding diaryl/α,β-unsaturated/α-hetero) is 1. The zero-order chi connectivity index (χ0) is 11.4. The van der Waals surface area contributed by atoms with Gasteiger partial charge in [-0.05, 0) is 24.5 Å². The Morgan fingerprint density at radius 2 is 2.00 bits per heavy atom. The van der Waals surface area contributed by atoms with Crippen molar-refractivity contribution >= 4 is 11.8 Å². The molecule has 0 aliphatic heterocycles. The van der Waals surface area contributed by atoms with Crippen LogP contribution in [0.1, 0.15) is 34.8 Å². The molecule has 3 nitrogen and oxygen atoms in total. The van der Waals surface area contributed by atoms with Gasteiger partial charge in [-0.1, -0.05) is 25.1 Å². The van der Waals surface area contributed by atoms with E-state index in [9.17, 15) is 9.59 Å². The maximum Gasteiger partial charge on any atom is 0.311 e. The van der Waals surface area contributed by atoms with Gasteiger partial charge in [-0.3, -0.25) is 9.59 Å². The monoisotopic (exact) mass is 206 g/mol. The van der Waals surface area contributed by atoms with Gasteiger partial charge >= 0.3 is 5.97 Å². The Kier molecular flexibility index (Phi) is 3.61. The van der Waals surface area contributed by atoms with Gasteiger partial charge in [0, 0.05) is 5.56 Å². The lowest BCUT2D eigenvalue weighted by Crippen LogP contribution is -2.09. The van der Waals surface area contributed by atoms with Crippen molar-refractivity contribution in [2.75, 3.05) is 0 Å². The Hall–Kier alpha value is -1.64. The molecule has 0 bridgehead atoms. The summed E-state index contributed by atoms with van der Waals surface area (Å²) >= 11 is 0. The van der Waals surface area contributed by atoms with E-state index in [1.165, 1.54) is 0 Å². The Morgan fingerprint density at radius 3 is 2.53 bits per heavy atom. The number of hydrogen-bond donors (Lipinski definition) is 1. The highest BCUT2D eigenvalue weighted by atomic mass is 16.4. The quantitative estimate of drug-likeness (QED) is 0.607. The minimum Gasteiger partial charge on any atom is -0.481 e. The standard InChI is InChI=1S/C12H14O3/c1-3-9-5-4-6-10(8(9)2)11(13)7-12(14)15/h4-6H,3,7H2,1-2H3,(H,14,15). The third kappa shape index (κ3) is 2.65. The average molecular weight is 206 g/mol. The summed E-state index contributed by atoms with van der Waals surface area (Å²) in [6.07, 6.45) is 0.411. The summed E-state index contributed by atoms with van der Waals surface area (Å²) in [4.78, 5) is 22.0. The van der Waals surface area contributed by atoms with Crippen LogP contribution in [0.2, 0.25) is 0 Å². The minimum atomic E-state index is -1.08. The topological polar surface area (TPSA) is 54.4 Å². The van der Waals surface area contributed by atoms with Crippen LogP contribution in [0.5, 0.6) is 0 Å². The number of rotatable bonds is 4. The molecule has 15 heavy (non-hydrogen) atoms. The van der Waals surface area contributed by atoms with Gasteiger partial charge in [-0.15, -0.1) is 0 Å². The molecular formula is C12H14O3. The first kappa shape index (κ1) is 11.4. The Bertz CT molecular complexity index is 394. The van der Waals surface area contributed by atoms with E-state index in [-0.39, 0.29) is 5.78 Å². The first-order valence-corrected chi connectivity index (χ1v) is 4.89. The molecule has 0 saturated heterocycles. The summed E-state index contributed by atoms with van der Waals surface area (Å²) in [5.74, 6) is -1.41. The molecular weight excluding hydrogens is 192 g/mol. The molecule has 1 rings (SSSR count). The second kappa shape index (κ2) is 4.73. The van der Waals surface area contributed by atoms with Gasteiger partial charge in [0.1, 0.15) is 6.42 Å². The van der Waals surface area contributed by atoms with E-state index in [4.69, 9.17) is 5.11 Å². The molecule has 0 radical (unpaired) electrons. The molecule has 0 spiro atoms. The van der Waals surface area contributed by atoms with Crippen LogP contribution in [-0.2, 0) is 11.2 Å². The number of carbonyl (C=O) groups is 2. The summed E-state index contributed by atoms with van der Waals surface area (Å²) in [6.45, 7) is 3.86. The van der Waals surface area contributed by atoms with Crippen molar-refractivity contribution in [3.05, 3.63) is 34.9 Å². The van der Waals surface area contributed by atoms with Crippen LogP contribution in [0.3, 0.4) is 0 Å². The highest BCUT2D eigenvalue weighted by Crippen LogP contribution is 2.16. The molecule has 1 N–H and O–H groups in total. The molecule has 0 amide bonds. The Balaban J connectivity index is 3.04. The number of ketones is 1. The van der Waals surface area contributed by atoms with Crippen molar-refractivity contribution in [1.82, 2.24) is 0 Å². The van der Waals surface area contributed by atoms with E-state index in [0.29, 0.717) is 5.56 Å². The third-order valence-corrected chi connectivity index (χ3v) is 2.44. The van der Waals surface area contributed by atoms with Gasteiger partial charge < -0.3 is 5.11 Å². The largest absolute Gasteiger partial charge is 0.481 e. The van der Waals surface area contributed by atoms with E-state index >= 15 is 0 Å². The molecule has 0 heterocycles. The SMILES string of the molecule is CCc1cccc(C(=O)CC(=O)O)c1C. The second-order valence-corrected chi connectivity index (χ2v) is 3.44. The normalized spacial score (nSPS) is 10.0. The lowest BCUT2D eigenvalue weighted by molar-refractivity contribution is -0.135. The van der Waals surface area contributed by atoms with E-state index in [0.717, 1.165) is 17.5 Å². The lowest BCUT2D eigenvalue weighted by atomic mass is 9.97. The zero-order valence-electron chi connectivity index (χ0n) is 8.91. The molecule has 1 aromatic rings. The maximum atomic E-state index is 11.6. The molecule has 0 fully saturated rings. The summed E-state index contributed by atoms with van der Waals surface area (Å²) in [7, 11) is 0. The molecule has 0 aliphatic carbocycles. The fraction of sp³-hybridized carbons (Fsp3) is 0.333. The molecule has 0 unspecified atom stereocenters. The number of hydrogen-bond acceptors (Lipinski definition) is 2. The van der Waals surface area contributed by atoms with E-state index in [1.807, 2.05) is 19.9 Å². The fourth-order valence-corrected chi connectivity index (χ4v) is 1.60. The highest BCUT2D eigenvalue weighted by Gasteiger charge is 2.13. The summed E-state index contributed by atoms with van der Waals surface area (Å²) in [5.41, 5.74) is 2.51. The highest BCUT2D eigenvalue weighted by molar-refractivity contribution is 6.06.